The third-order valence-electron chi connectivity index (χ3n) is 3.22. The van der Waals surface area contributed by atoms with E-state index in [-0.39, 0.29) is 6.10 Å². The Morgan fingerprint density at radius 1 is 1.39 bits per heavy atom. The van der Waals surface area contributed by atoms with Crippen LogP contribution in [0.3, 0.4) is 0 Å². The van der Waals surface area contributed by atoms with E-state index >= 15 is 0 Å². The van der Waals surface area contributed by atoms with Crippen molar-refractivity contribution in [2.75, 3.05) is 6.61 Å². The second kappa shape index (κ2) is 4.49. The van der Waals surface area contributed by atoms with E-state index < -0.39 is 11.5 Å². The molecule has 2 heterocycles. The molecule has 2 aromatic rings. The second-order valence-electron chi connectivity index (χ2n) is 4.47. The van der Waals surface area contributed by atoms with Crippen molar-refractivity contribution < 1.29 is 9.13 Å². The predicted octanol–water partition coefficient (Wildman–Crippen LogP) is 2.30. The van der Waals surface area contributed by atoms with Crippen LogP contribution in [-0.2, 0) is 4.74 Å². The average Bonchev–Trinajstić information content (AvgIpc) is 2.38. The quantitative estimate of drug-likeness (QED) is 0.842. The fourth-order valence-corrected chi connectivity index (χ4v) is 2.37. The normalized spacial score (nSPS) is 20.2. The molecule has 3 rings (SSSR count). The summed E-state index contributed by atoms with van der Waals surface area (Å²) < 4.78 is 18.8. The molecule has 0 aliphatic carbocycles. The molecule has 1 fully saturated rings. The van der Waals surface area contributed by atoms with E-state index in [1.165, 1.54) is 12.1 Å². The van der Waals surface area contributed by atoms with E-state index in [0.717, 1.165) is 24.6 Å². The number of fused-ring (bicyclic) bond motifs is 1. The number of halogens is 1. The first-order valence-corrected chi connectivity index (χ1v) is 6.05. The lowest BCUT2D eigenvalue weighted by molar-refractivity contribution is 0.0131. The maximum Gasteiger partial charge on any atom is 0.345 e. The van der Waals surface area contributed by atoms with Gasteiger partial charge in [-0.15, -0.1) is 0 Å². The van der Waals surface area contributed by atoms with Crippen LogP contribution in [0.25, 0.3) is 10.9 Å². The highest BCUT2D eigenvalue weighted by Crippen LogP contribution is 2.30. The highest BCUT2D eigenvalue weighted by molar-refractivity contribution is 5.80. The largest absolute Gasteiger partial charge is 0.372 e. The average molecular weight is 248 g/mol. The number of nitrogens with one attached hydrogen (secondary N) is 1. The number of aromatic nitrogens is 2. The van der Waals surface area contributed by atoms with Crippen LogP contribution in [-0.4, -0.2) is 16.6 Å². The minimum absolute atomic E-state index is 0.123. The predicted molar refractivity (Wildman–Crippen MR) is 64.9 cm³/mol. The second-order valence-corrected chi connectivity index (χ2v) is 4.47. The van der Waals surface area contributed by atoms with Crippen LogP contribution in [0.1, 0.15) is 31.1 Å². The fraction of sp³-hybridized carbons (Fsp3) is 0.385. The first-order valence-electron chi connectivity index (χ1n) is 6.05. The highest BCUT2D eigenvalue weighted by Gasteiger charge is 2.20. The zero-order valence-corrected chi connectivity index (χ0v) is 9.78. The summed E-state index contributed by atoms with van der Waals surface area (Å²) >= 11 is 0. The van der Waals surface area contributed by atoms with Crippen molar-refractivity contribution in [2.24, 2.45) is 0 Å². The molecule has 1 aromatic heterocycles. The summed E-state index contributed by atoms with van der Waals surface area (Å²) in [6.45, 7) is 0.692. The lowest BCUT2D eigenvalue weighted by Gasteiger charge is -2.23. The Bertz CT molecular complexity index is 632. The van der Waals surface area contributed by atoms with Gasteiger partial charge in [-0.3, -0.25) is 0 Å². The number of nitrogens with zero attached hydrogens (tertiary/aromatic N) is 1. The van der Waals surface area contributed by atoms with E-state index in [1.54, 1.807) is 6.07 Å². The molecule has 1 unspecified atom stereocenters. The molecule has 1 aliphatic heterocycles. The molecule has 4 nitrogen and oxygen atoms in total. The smallest absolute Gasteiger partial charge is 0.345 e. The third kappa shape index (κ3) is 2.01. The summed E-state index contributed by atoms with van der Waals surface area (Å²) in [4.78, 5) is 18.0. The van der Waals surface area contributed by atoms with Gasteiger partial charge in [0.15, 0.2) is 0 Å². The van der Waals surface area contributed by atoms with Crippen LogP contribution >= 0.6 is 0 Å². The summed E-state index contributed by atoms with van der Waals surface area (Å²) in [6, 6.07) is 4.28. The molecule has 1 aromatic carbocycles. The Morgan fingerprint density at radius 2 is 2.28 bits per heavy atom. The van der Waals surface area contributed by atoms with Gasteiger partial charge in [-0.25, -0.2) is 9.18 Å². The van der Waals surface area contributed by atoms with E-state index in [9.17, 15) is 9.18 Å². The van der Waals surface area contributed by atoms with Gasteiger partial charge in [-0.2, -0.15) is 4.98 Å². The molecule has 0 spiro atoms. The first-order chi connectivity index (χ1) is 8.74. The van der Waals surface area contributed by atoms with E-state index in [1.807, 2.05) is 0 Å². The van der Waals surface area contributed by atoms with Gasteiger partial charge in [0.1, 0.15) is 5.82 Å². The molecule has 1 N–H and O–H groups in total. The summed E-state index contributed by atoms with van der Waals surface area (Å²) in [7, 11) is 0. The number of H-pyrrole nitrogens is 1. The summed E-state index contributed by atoms with van der Waals surface area (Å²) in [5.41, 5.74) is 0.630. The number of hydrogen-bond acceptors (Lipinski definition) is 3. The Kier molecular flexibility index (Phi) is 2.83. The number of ether oxygens (including phenoxy) is 1. The van der Waals surface area contributed by atoms with Gasteiger partial charge in [0.2, 0.25) is 0 Å². The molecule has 1 saturated heterocycles. The minimum Gasteiger partial charge on any atom is -0.372 e. The van der Waals surface area contributed by atoms with Gasteiger partial charge in [-0.05, 0) is 31.4 Å². The molecule has 1 aliphatic rings. The van der Waals surface area contributed by atoms with E-state index in [2.05, 4.69) is 9.97 Å². The third-order valence-corrected chi connectivity index (χ3v) is 3.22. The highest BCUT2D eigenvalue weighted by atomic mass is 19.1. The standard InChI is InChI=1S/C13H13FN2O2/c14-8-4-5-9-10(7-8)15-13(17)16-12(9)11-3-1-2-6-18-11/h4-5,7,11H,1-3,6H2,(H,15,16,17). The Labute approximate surface area is 103 Å². The van der Waals surface area contributed by atoms with Gasteiger partial charge in [0, 0.05) is 18.1 Å². The first kappa shape index (κ1) is 11.3. The Morgan fingerprint density at radius 3 is 3.06 bits per heavy atom. The van der Waals surface area contributed by atoms with Crippen LogP contribution in [0.5, 0.6) is 0 Å². The lowest BCUT2D eigenvalue weighted by atomic mass is 10.0. The van der Waals surface area contributed by atoms with Crippen molar-refractivity contribution >= 4 is 10.9 Å². The van der Waals surface area contributed by atoms with Gasteiger partial charge >= 0.3 is 5.69 Å². The SMILES string of the molecule is O=c1nc2cc(F)ccc2c(C2CCCCO2)[nH]1. The minimum atomic E-state index is -0.461. The van der Waals surface area contributed by atoms with Crippen molar-refractivity contribution in [3.05, 3.63) is 40.2 Å². The van der Waals surface area contributed by atoms with Crippen molar-refractivity contribution in [3.63, 3.8) is 0 Å². The number of benzene rings is 1. The van der Waals surface area contributed by atoms with Gasteiger partial charge in [0.05, 0.1) is 17.3 Å². The molecule has 1 atom stereocenters. The van der Waals surface area contributed by atoms with Gasteiger partial charge < -0.3 is 9.72 Å². The summed E-state index contributed by atoms with van der Waals surface area (Å²) in [5, 5.41) is 0.753. The molecular formula is C13H13FN2O2. The van der Waals surface area contributed by atoms with Crippen molar-refractivity contribution in [3.8, 4) is 0 Å². The van der Waals surface area contributed by atoms with Crippen molar-refractivity contribution in [1.82, 2.24) is 9.97 Å². The van der Waals surface area contributed by atoms with Crippen molar-refractivity contribution in [2.45, 2.75) is 25.4 Å². The molecule has 94 valence electrons. The zero-order valence-electron chi connectivity index (χ0n) is 9.78. The fourth-order valence-electron chi connectivity index (χ4n) is 2.37. The van der Waals surface area contributed by atoms with Crippen LogP contribution < -0.4 is 5.69 Å². The molecule has 0 bridgehead atoms. The number of aromatic amines is 1. The van der Waals surface area contributed by atoms with E-state index in [0.29, 0.717) is 17.8 Å². The maximum absolute atomic E-state index is 13.2. The molecule has 0 amide bonds. The molecular weight excluding hydrogens is 235 g/mol. The summed E-state index contributed by atoms with van der Waals surface area (Å²) in [6.07, 6.45) is 2.85. The maximum atomic E-state index is 13.2. The van der Waals surface area contributed by atoms with Crippen LogP contribution in [0.4, 0.5) is 4.39 Å². The number of hydrogen-bond donors (Lipinski definition) is 1. The molecule has 5 heteroatoms. The Balaban J connectivity index is 2.17. The zero-order chi connectivity index (χ0) is 12.5. The monoisotopic (exact) mass is 248 g/mol. The van der Waals surface area contributed by atoms with Gasteiger partial charge in [0.25, 0.3) is 0 Å². The van der Waals surface area contributed by atoms with Crippen LogP contribution in [0.2, 0.25) is 0 Å². The molecule has 0 radical (unpaired) electrons. The van der Waals surface area contributed by atoms with Crippen LogP contribution in [0.15, 0.2) is 23.0 Å². The summed E-state index contributed by atoms with van der Waals surface area (Å²) in [5.74, 6) is -0.392. The van der Waals surface area contributed by atoms with Crippen molar-refractivity contribution in [1.29, 1.82) is 0 Å². The Hall–Kier alpha value is -1.75. The molecule has 0 saturated carbocycles. The number of rotatable bonds is 1. The van der Waals surface area contributed by atoms with E-state index in [4.69, 9.17) is 4.74 Å². The molecule has 18 heavy (non-hydrogen) atoms. The van der Waals surface area contributed by atoms with Gasteiger partial charge in [-0.1, -0.05) is 0 Å². The van der Waals surface area contributed by atoms with Crippen LogP contribution in [0, 0.1) is 5.82 Å². The lowest BCUT2D eigenvalue weighted by Crippen LogP contribution is -2.19. The topological polar surface area (TPSA) is 55.0 Å².